The summed E-state index contributed by atoms with van der Waals surface area (Å²) in [5.41, 5.74) is 6.39. The van der Waals surface area contributed by atoms with Crippen molar-refractivity contribution in [2.24, 2.45) is 11.1 Å². The van der Waals surface area contributed by atoms with Gasteiger partial charge in [-0.15, -0.1) is 0 Å². The molecule has 0 heterocycles. The molecule has 2 atom stereocenters. The predicted molar refractivity (Wildman–Crippen MR) is 55.6 cm³/mol. The zero-order valence-corrected chi connectivity index (χ0v) is 9.18. The van der Waals surface area contributed by atoms with Crippen molar-refractivity contribution in [3.8, 4) is 0 Å². The van der Waals surface area contributed by atoms with E-state index in [1.807, 2.05) is 0 Å². The monoisotopic (exact) mass is 185 g/mol. The van der Waals surface area contributed by atoms with E-state index in [1.165, 1.54) is 12.8 Å². The van der Waals surface area contributed by atoms with Gasteiger partial charge in [-0.2, -0.15) is 0 Å². The first kappa shape index (κ1) is 11.0. The standard InChI is InChI=1S/C11H23NO/c1-4-5-8-13-9-6-7-11(2,3)10(9)12/h9-10H,4-8,12H2,1-3H3. The van der Waals surface area contributed by atoms with E-state index in [2.05, 4.69) is 20.8 Å². The molecule has 2 unspecified atom stereocenters. The van der Waals surface area contributed by atoms with Gasteiger partial charge in [0, 0.05) is 12.6 Å². The van der Waals surface area contributed by atoms with Crippen molar-refractivity contribution in [3.63, 3.8) is 0 Å². The van der Waals surface area contributed by atoms with Crippen LogP contribution in [-0.2, 0) is 4.74 Å². The molecule has 2 heteroatoms. The highest BCUT2D eigenvalue weighted by atomic mass is 16.5. The molecule has 0 spiro atoms. The van der Waals surface area contributed by atoms with Crippen LogP contribution in [0.5, 0.6) is 0 Å². The Morgan fingerprint density at radius 3 is 2.62 bits per heavy atom. The van der Waals surface area contributed by atoms with E-state index in [-0.39, 0.29) is 11.5 Å². The largest absolute Gasteiger partial charge is 0.377 e. The first-order valence-electron chi connectivity index (χ1n) is 5.45. The lowest BCUT2D eigenvalue weighted by molar-refractivity contribution is 0.0361. The Hall–Kier alpha value is -0.0800. The second-order valence-corrected chi connectivity index (χ2v) is 4.82. The Morgan fingerprint density at radius 2 is 2.15 bits per heavy atom. The molecule has 13 heavy (non-hydrogen) atoms. The molecule has 0 amide bonds. The molecular weight excluding hydrogens is 162 g/mol. The molecule has 78 valence electrons. The molecular formula is C11H23NO. The van der Waals surface area contributed by atoms with Crippen molar-refractivity contribution >= 4 is 0 Å². The Balaban J connectivity index is 2.29. The molecule has 0 aliphatic heterocycles. The van der Waals surface area contributed by atoms with E-state index in [1.54, 1.807) is 0 Å². The summed E-state index contributed by atoms with van der Waals surface area (Å²) in [5.74, 6) is 0. The number of nitrogens with two attached hydrogens (primary N) is 1. The third-order valence-corrected chi connectivity index (χ3v) is 3.21. The van der Waals surface area contributed by atoms with Crippen LogP contribution in [0.1, 0.15) is 46.5 Å². The van der Waals surface area contributed by atoms with E-state index >= 15 is 0 Å². The minimum absolute atomic E-state index is 0.226. The van der Waals surface area contributed by atoms with Crippen molar-refractivity contribution in [3.05, 3.63) is 0 Å². The molecule has 1 saturated carbocycles. The van der Waals surface area contributed by atoms with Gasteiger partial charge in [0.25, 0.3) is 0 Å². The maximum Gasteiger partial charge on any atom is 0.0731 e. The van der Waals surface area contributed by atoms with Crippen LogP contribution in [0.2, 0.25) is 0 Å². The van der Waals surface area contributed by atoms with E-state index in [0.29, 0.717) is 6.10 Å². The molecule has 0 radical (unpaired) electrons. The molecule has 0 aromatic carbocycles. The van der Waals surface area contributed by atoms with Crippen LogP contribution in [0.15, 0.2) is 0 Å². The highest BCUT2D eigenvalue weighted by Crippen LogP contribution is 2.37. The first-order chi connectivity index (χ1) is 6.08. The highest BCUT2D eigenvalue weighted by Gasteiger charge is 2.39. The molecule has 1 aliphatic rings. The summed E-state index contributed by atoms with van der Waals surface area (Å²) in [4.78, 5) is 0. The highest BCUT2D eigenvalue weighted by molar-refractivity contribution is 4.94. The summed E-state index contributed by atoms with van der Waals surface area (Å²) in [6.07, 6.45) is 5.00. The van der Waals surface area contributed by atoms with E-state index in [9.17, 15) is 0 Å². The maximum absolute atomic E-state index is 6.11. The smallest absolute Gasteiger partial charge is 0.0731 e. The Labute approximate surface area is 81.8 Å². The Bertz CT molecular complexity index is 156. The lowest BCUT2D eigenvalue weighted by atomic mass is 9.88. The molecule has 1 fully saturated rings. The van der Waals surface area contributed by atoms with Crippen LogP contribution >= 0.6 is 0 Å². The lowest BCUT2D eigenvalue weighted by Gasteiger charge is -2.26. The molecule has 1 aliphatic carbocycles. The van der Waals surface area contributed by atoms with Crippen LogP contribution in [0.4, 0.5) is 0 Å². The van der Waals surface area contributed by atoms with Gasteiger partial charge < -0.3 is 10.5 Å². The maximum atomic E-state index is 6.11. The molecule has 2 nitrogen and oxygen atoms in total. The zero-order valence-electron chi connectivity index (χ0n) is 9.18. The molecule has 0 saturated heterocycles. The van der Waals surface area contributed by atoms with Gasteiger partial charge in [0.15, 0.2) is 0 Å². The fourth-order valence-electron chi connectivity index (χ4n) is 1.93. The quantitative estimate of drug-likeness (QED) is 0.682. The van der Waals surface area contributed by atoms with Gasteiger partial charge in [-0.25, -0.2) is 0 Å². The van der Waals surface area contributed by atoms with Crippen molar-refractivity contribution in [1.29, 1.82) is 0 Å². The summed E-state index contributed by atoms with van der Waals surface area (Å²) in [7, 11) is 0. The topological polar surface area (TPSA) is 35.2 Å². The summed E-state index contributed by atoms with van der Waals surface area (Å²) < 4.78 is 5.77. The van der Waals surface area contributed by atoms with Crippen LogP contribution in [0.3, 0.4) is 0 Å². The van der Waals surface area contributed by atoms with Gasteiger partial charge in [-0.1, -0.05) is 27.2 Å². The third-order valence-electron chi connectivity index (χ3n) is 3.21. The van der Waals surface area contributed by atoms with Crippen molar-refractivity contribution in [1.82, 2.24) is 0 Å². The molecule has 0 bridgehead atoms. The summed E-state index contributed by atoms with van der Waals surface area (Å²) >= 11 is 0. The van der Waals surface area contributed by atoms with Crippen molar-refractivity contribution in [2.75, 3.05) is 6.61 Å². The predicted octanol–water partition coefficient (Wildman–Crippen LogP) is 2.32. The Kier molecular flexibility index (Phi) is 3.74. The van der Waals surface area contributed by atoms with Crippen LogP contribution in [0.25, 0.3) is 0 Å². The van der Waals surface area contributed by atoms with Gasteiger partial charge in [-0.3, -0.25) is 0 Å². The van der Waals surface area contributed by atoms with Gasteiger partial charge >= 0.3 is 0 Å². The van der Waals surface area contributed by atoms with Gasteiger partial charge in [0.05, 0.1) is 6.10 Å². The van der Waals surface area contributed by atoms with E-state index < -0.39 is 0 Å². The second kappa shape index (κ2) is 4.43. The van der Waals surface area contributed by atoms with Crippen LogP contribution < -0.4 is 5.73 Å². The summed E-state index contributed by atoms with van der Waals surface area (Å²) in [6.45, 7) is 7.54. The third kappa shape index (κ3) is 2.68. The molecule has 0 aromatic heterocycles. The number of hydrogen-bond acceptors (Lipinski definition) is 2. The van der Waals surface area contributed by atoms with Gasteiger partial charge in [-0.05, 0) is 24.7 Å². The average molecular weight is 185 g/mol. The number of ether oxygens (including phenoxy) is 1. The summed E-state index contributed by atoms with van der Waals surface area (Å²) in [6, 6.07) is 0.226. The lowest BCUT2D eigenvalue weighted by Crippen LogP contribution is -2.41. The van der Waals surface area contributed by atoms with E-state index in [4.69, 9.17) is 10.5 Å². The van der Waals surface area contributed by atoms with E-state index in [0.717, 1.165) is 19.4 Å². The fourth-order valence-corrected chi connectivity index (χ4v) is 1.93. The molecule has 2 N–H and O–H groups in total. The SMILES string of the molecule is CCCCOC1CCC(C)(C)C1N. The van der Waals surface area contributed by atoms with Crippen molar-refractivity contribution < 1.29 is 4.74 Å². The summed E-state index contributed by atoms with van der Waals surface area (Å²) in [5, 5.41) is 0. The zero-order chi connectivity index (χ0) is 9.90. The Morgan fingerprint density at radius 1 is 1.46 bits per heavy atom. The molecule has 1 rings (SSSR count). The first-order valence-corrected chi connectivity index (χ1v) is 5.45. The fraction of sp³-hybridized carbons (Fsp3) is 1.00. The van der Waals surface area contributed by atoms with Gasteiger partial charge in [0.1, 0.15) is 0 Å². The van der Waals surface area contributed by atoms with Crippen LogP contribution in [0, 0.1) is 5.41 Å². The average Bonchev–Trinajstić information content (AvgIpc) is 2.32. The number of rotatable bonds is 4. The normalized spacial score (nSPS) is 32.3. The van der Waals surface area contributed by atoms with Gasteiger partial charge in [0.2, 0.25) is 0 Å². The van der Waals surface area contributed by atoms with Crippen molar-refractivity contribution in [2.45, 2.75) is 58.6 Å². The molecule has 0 aromatic rings. The minimum Gasteiger partial charge on any atom is -0.377 e. The number of unbranched alkanes of at least 4 members (excludes halogenated alkanes) is 1. The number of hydrogen-bond donors (Lipinski definition) is 1. The van der Waals surface area contributed by atoms with Crippen LogP contribution in [-0.4, -0.2) is 18.8 Å². The minimum atomic E-state index is 0.226. The second-order valence-electron chi connectivity index (χ2n) is 4.82.